The second kappa shape index (κ2) is 9.37. The molecule has 1 atom stereocenters. The van der Waals surface area contributed by atoms with Gasteiger partial charge in [0.05, 0.1) is 6.04 Å². The molecule has 0 rings (SSSR count). The fraction of sp³-hybridized carbons (Fsp3) is 0.933. The Balaban J connectivity index is 4.66. The Labute approximate surface area is 113 Å². The van der Waals surface area contributed by atoms with Crippen molar-refractivity contribution in [3.8, 4) is 0 Å². The number of rotatable bonds is 9. The number of hydrogen-bond acceptors (Lipinski definition) is 2. The summed E-state index contributed by atoms with van der Waals surface area (Å²) in [4.78, 5) is 14.5. The number of carbonyl (C=O) groups excluding carboxylic acids is 1. The Morgan fingerprint density at radius 3 is 2.11 bits per heavy atom. The van der Waals surface area contributed by atoms with Gasteiger partial charge in [0, 0.05) is 12.6 Å². The summed E-state index contributed by atoms with van der Waals surface area (Å²) < 4.78 is 0. The van der Waals surface area contributed by atoms with Crippen LogP contribution in [0.2, 0.25) is 0 Å². The van der Waals surface area contributed by atoms with Gasteiger partial charge in [-0.15, -0.1) is 0 Å². The van der Waals surface area contributed by atoms with Gasteiger partial charge in [0.2, 0.25) is 5.91 Å². The minimum Gasteiger partial charge on any atom is -0.338 e. The summed E-state index contributed by atoms with van der Waals surface area (Å²) in [5.74, 6) is 0.638. The molecule has 0 aliphatic rings. The molecule has 0 aromatic carbocycles. The third kappa shape index (κ3) is 5.85. The van der Waals surface area contributed by atoms with E-state index in [0.717, 1.165) is 38.6 Å². The number of nitrogens with two attached hydrogens (primary N) is 1. The van der Waals surface area contributed by atoms with Crippen molar-refractivity contribution in [1.82, 2.24) is 4.90 Å². The molecule has 0 heterocycles. The number of nitrogens with zero attached hydrogens (tertiary/aromatic N) is 1. The van der Waals surface area contributed by atoms with Crippen molar-refractivity contribution in [2.75, 3.05) is 6.54 Å². The Kier molecular flexibility index (Phi) is 9.08. The van der Waals surface area contributed by atoms with Crippen LogP contribution in [-0.4, -0.2) is 29.4 Å². The fourth-order valence-corrected chi connectivity index (χ4v) is 2.30. The van der Waals surface area contributed by atoms with Crippen LogP contribution < -0.4 is 5.73 Å². The lowest BCUT2D eigenvalue weighted by molar-refractivity contribution is -0.136. The van der Waals surface area contributed by atoms with Crippen LogP contribution in [-0.2, 0) is 4.79 Å². The molecule has 0 spiro atoms. The monoisotopic (exact) mass is 256 g/mol. The van der Waals surface area contributed by atoms with Crippen LogP contribution in [0.25, 0.3) is 0 Å². The highest BCUT2D eigenvalue weighted by Crippen LogP contribution is 2.14. The first-order chi connectivity index (χ1) is 8.47. The minimum atomic E-state index is -0.315. The molecule has 18 heavy (non-hydrogen) atoms. The summed E-state index contributed by atoms with van der Waals surface area (Å²) in [5, 5.41) is 0. The van der Waals surface area contributed by atoms with Crippen molar-refractivity contribution in [2.24, 2.45) is 11.7 Å². The molecule has 1 unspecified atom stereocenters. The number of hydrogen-bond donors (Lipinski definition) is 1. The molecule has 0 aromatic heterocycles. The summed E-state index contributed by atoms with van der Waals surface area (Å²) in [6.07, 6.45) is 4.95. The summed E-state index contributed by atoms with van der Waals surface area (Å²) >= 11 is 0. The molecule has 2 N–H and O–H groups in total. The Morgan fingerprint density at radius 1 is 1.17 bits per heavy atom. The van der Waals surface area contributed by atoms with Crippen molar-refractivity contribution >= 4 is 5.91 Å². The molecule has 0 aliphatic heterocycles. The van der Waals surface area contributed by atoms with E-state index < -0.39 is 0 Å². The third-order valence-corrected chi connectivity index (χ3v) is 3.41. The van der Waals surface area contributed by atoms with Crippen LogP contribution >= 0.6 is 0 Å². The standard InChI is InChI=1S/C15H32N2O/c1-6-9-10-14(16)15(18)17(11-12(4)5)13(7-2)8-3/h12-14H,6-11,16H2,1-5H3. The first kappa shape index (κ1) is 17.4. The lowest BCUT2D eigenvalue weighted by atomic mass is 10.0. The van der Waals surface area contributed by atoms with Crippen molar-refractivity contribution < 1.29 is 4.79 Å². The van der Waals surface area contributed by atoms with E-state index in [1.165, 1.54) is 0 Å². The molecule has 1 amide bonds. The molecule has 0 fully saturated rings. The zero-order valence-electron chi connectivity index (χ0n) is 12.9. The van der Waals surface area contributed by atoms with Crippen LogP contribution in [0.4, 0.5) is 0 Å². The molecule has 3 nitrogen and oxygen atoms in total. The van der Waals surface area contributed by atoms with E-state index in [1.807, 2.05) is 4.90 Å². The van der Waals surface area contributed by atoms with Gasteiger partial charge in [-0.2, -0.15) is 0 Å². The van der Waals surface area contributed by atoms with E-state index in [4.69, 9.17) is 5.73 Å². The van der Waals surface area contributed by atoms with E-state index in [2.05, 4.69) is 34.6 Å². The SMILES string of the molecule is CCCCC(N)C(=O)N(CC(C)C)C(CC)CC. The predicted molar refractivity (Wildman–Crippen MR) is 78.4 cm³/mol. The van der Waals surface area contributed by atoms with Crippen molar-refractivity contribution in [1.29, 1.82) is 0 Å². The highest BCUT2D eigenvalue weighted by molar-refractivity contribution is 5.81. The number of unbranched alkanes of at least 4 members (excludes halogenated alkanes) is 1. The van der Waals surface area contributed by atoms with Gasteiger partial charge >= 0.3 is 0 Å². The van der Waals surface area contributed by atoms with Gasteiger partial charge < -0.3 is 10.6 Å². The molecule has 0 radical (unpaired) electrons. The zero-order chi connectivity index (χ0) is 14.1. The maximum atomic E-state index is 12.4. The van der Waals surface area contributed by atoms with Crippen molar-refractivity contribution in [3.05, 3.63) is 0 Å². The van der Waals surface area contributed by atoms with Crippen LogP contribution in [0.5, 0.6) is 0 Å². The predicted octanol–water partition coefficient (Wildman–Crippen LogP) is 3.18. The summed E-state index contributed by atoms with van der Waals surface area (Å²) in [6, 6.07) is 0.0249. The molecule has 0 bridgehead atoms. The van der Waals surface area contributed by atoms with Gasteiger partial charge in [-0.25, -0.2) is 0 Å². The Bertz CT molecular complexity index is 225. The van der Waals surface area contributed by atoms with E-state index in [-0.39, 0.29) is 11.9 Å². The molecule has 0 saturated heterocycles. The van der Waals surface area contributed by atoms with Gasteiger partial charge in [-0.05, 0) is 25.2 Å². The normalized spacial score (nSPS) is 13.1. The molecular weight excluding hydrogens is 224 g/mol. The van der Waals surface area contributed by atoms with E-state index in [1.54, 1.807) is 0 Å². The summed E-state index contributed by atoms with van der Waals surface area (Å²) in [6.45, 7) is 11.5. The second-order valence-corrected chi connectivity index (χ2v) is 5.60. The smallest absolute Gasteiger partial charge is 0.239 e. The third-order valence-electron chi connectivity index (χ3n) is 3.41. The van der Waals surface area contributed by atoms with Crippen LogP contribution in [0.1, 0.15) is 66.7 Å². The molecule has 0 saturated carbocycles. The number of carbonyl (C=O) groups is 1. The van der Waals surface area contributed by atoms with E-state index in [9.17, 15) is 4.79 Å². The first-order valence-electron chi connectivity index (χ1n) is 7.53. The van der Waals surface area contributed by atoms with Crippen LogP contribution in [0, 0.1) is 5.92 Å². The quantitative estimate of drug-likeness (QED) is 0.688. The van der Waals surface area contributed by atoms with Crippen LogP contribution in [0.15, 0.2) is 0 Å². The molecular formula is C15H32N2O. The maximum absolute atomic E-state index is 12.4. The van der Waals surface area contributed by atoms with E-state index >= 15 is 0 Å². The van der Waals surface area contributed by atoms with Crippen molar-refractivity contribution in [3.63, 3.8) is 0 Å². The maximum Gasteiger partial charge on any atom is 0.239 e. The zero-order valence-corrected chi connectivity index (χ0v) is 12.9. The van der Waals surface area contributed by atoms with Gasteiger partial charge in [0.1, 0.15) is 0 Å². The fourth-order valence-electron chi connectivity index (χ4n) is 2.30. The first-order valence-corrected chi connectivity index (χ1v) is 7.53. The van der Waals surface area contributed by atoms with Crippen LogP contribution in [0.3, 0.4) is 0 Å². The van der Waals surface area contributed by atoms with E-state index in [0.29, 0.717) is 12.0 Å². The van der Waals surface area contributed by atoms with Gasteiger partial charge in [0.15, 0.2) is 0 Å². The largest absolute Gasteiger partial charge is 0.338 e. The highest BCUT2D eigenvalue weighted by Gasteiger charge is 2.25. The molecule has 0 aromatic rings. The summed E-state index contributed by atoms with van der Waals surface area (Å²) in [7, 11) is 0. The molecule has 3 heteroatoms. The Morgan fingerprint density at radius 2 is 1.72 bits per heavy atom. The lowest BCUT2D eigenvalue weighted by Crippen LogP contribution is -2.49. The van der Waals surface area contributed by atoms with Gasteiger partial charge in [-0.3, -0.25) is 4.79 Å². The topological polar surface area (TPSA) is 46.3 Å². The van der Waals surface area contributed by atoms with Gasteiger partial charge in [-0.1, -0.05) is 47.5 Å². The minimum absolute atomic E-state index is 0.144. The lowest BCUT2D eigenvalue weighted by Gasteiger charge is -2.34. The molecule has 108 valence electrons. The second-order valence-electron chi connectivity index (χ2n) is 5.60. The summed E-state index contributed by atoms with van der Waals surface area (Å²) in [5.41, 5.74) is 6.04. The Hall–Kier alpha value is -0.570. The number of amides is 1. The molecule has 0 aliphatic carbocycles. The van der Waals surface area contributed by atoms with Crippen molar-refractivity contribution in [2.45, 2.75) is 78.8 Å². The highest BCUT2D eigenvalue weighted by atomic mass is 16.2. The average Bonchev–Trinajstić information content (AvgIpc) is 2.34. The van der Waals surface area contributed by atoms with Gasteiger partial charge in [0.25, 0.3) is 0 Å². The average molecular weight is 256 g/mol.